The van der Waals surface area contributed by atoms with Gasteiger partial charge in [0.25, 0.3) is 0 Å². The van der Waals surface area contributed by atoms with Crippen molar-refractivity contribution >= 4 is 11.8 Å². The van der Waals surface area contributed by atoms with Crippen LogP contribution in [0, 0.1) is 6.92 Å². The van der Waals surface area contributed by atoms with Crippen LogP contribution in [0.2, 0.25) is 0 Å². The lowest BCUT2D eigenvalue weighted by molar-refractivity contribution is -0.141. The monoisotopic (exact) mass is 396 g/mol. The van der Waals surface area contributed by atoms with Crippen molar-refractivity contribution in [2.75, 3.05) is 6.61 Å². The molecule has 0 radical (unpaired) electrons. The van der Waals surface area contributed by atoms with Gasteiger partial charge < -0.3 is 15.0 Å². The molecule has 5 nitrogen and oxygen atoms in total. The smallest absolute Gasteiger partial charge is 0.242 e. The van der Waals surface area contributed by atoms with Gasteiger partial charge in [-0.2, -0.15) is 0 Å². The van der Waals surface area contributed by atoms with Crippen molar-refractivity contribution in [3.63, 3.8) is 0 Å². The van der Waals surface area contributed by atoms with Gasteiger partial charge in [-0.25, -0.2) is 0 Å². The molecule has 0 fully saturated rings. The Morgan fingerprint density at radius 3 is 2.41 bits per heavy atom. The summed E-state index contributed by atoms with van der Waals surface area (Å²) < 4.78 is 5.68. The third kappa shape index (κ3) is 7.60. The van der Waals surface area contributed by atoms with Crippen LogP contribution in [-0.2, 0) is 16.1 Å². The lowest BCUT2D eigenvalue weighted by atomic mass is 10.1. The molecule has 0 saturated heterocycles. The van der Waals surface area contributed by atoms with Crippen molar-refractivity contribution in [2.45, 2.75) is 59.2 Å². The molecule has 0 aliphatic rings. The van der Waals surface area contributed by atoms with Crippen LogP contribution in [0.4, 0.5) is 0 Å². The minimum atomic E-state index is -0.541. The summed E-state index contributed by atoms with van der Waals surface area (Å²) in [5.41, 5.74) is 2.15. The van der Waals surface area contributed by atoms with Crippen molar-refractivity contribution in [2.24, 2.45) is 0 Å². The Labute approximate surface area is 174 Å². The standard InChI is InChI=1S/C24H32N2O3/c1-18(2)25-24(28)20(4)26(17-21-11-8-10-19(3)16-21)23(27)14-9-15-29-22-12-6-5-7-13-22/h5-8,10-13,16,18,20H,9,14-15,17H2,1-4H3,(H,25,28). The van der Waals surface area contributed by atoms with Gasteiger partial charge in [0.1, 0.15) is 11.8 Å². The third-order valence-electron chi connectivity index (χ3n) is 4.58. The van der Waals surface area contributed by atoms with Crippen LogP contribution in [0.3, 0.4) is 0 Å². The van der Waals surface area contributed by atoms with Crippen molar-refractivity contribution in [1.82, 2.24) is 10.2 Å². The van der Waals surface area contributed by atoms with Gasteiger partial charge in [-0.3, -0.25) is 9.59 Å². The quantitative estimate of drug-likeness (QED) is 0.615. The molecular weight excluding hydrogens is 364 g/mol. The van der Waals surface area contributed by atoms with Crippen LogP contribution in [-0.4, -0.2) is 35.4 Å². The highest BCUT2D eigenvalue weighted by Crippen LogP contribution is 2.14. The highest BCUT2D eigenvalue weighted by atomic mass is 16.5. The number of nitrogens with one attached hydrogen (secondary N) is 1. The molecule has 5 heteroatoms. The summed E-state index contributed by atoms with van der Waals surface area (Å²) in [5, 5.41) is 2.91. The Morgan fingerprint density at radius 1 is 1.03 bits per heavy atom. The SMILES string of the molecule is Cc1cccc(CN(C(=O)CCCOc2ccccc2)C(C)C(=O)NC(C)C)c1. The number of benzene rings is 2. The largest absolute Gasteiger partial charge is 0.494 e. The van der Waals surface area contributed by atoms with E-state index < -0.39 is 6.04 Å². The van der Waals surface area contributed by atoms with Gasteiger partial charge >= 0.3 is 0 Å². The van der Waals surface area contributed by atoms with Gasteiger partial charge in [-0.1, -0.05) is 48.0 Å². The molecule has 0 aliphatic carbocycles. The Hall–Kier alpha value is -2.82. The van der Waals surface area contributed by atoms with Crippen LogP contribution in [0.15, 0.2) is 54.6 Å². The normalized spacial score (nSPS) is 11.8. The molecule has 1 N–H and O–H groups in total. The molecule has 0 spiro atoms. The van der Waals surface area contributed by atoms with Crippen molar-refractivity contribution < 1.29 is 14.3 Å². The van der Waals surface area contributed by atoms with Crippen LogP contribution in [0.5, 0.6) is 5.75 Å². The second kappa shape index (κ2) is 11.2. The van der Waals surface area contributed by atoms with Crippen LogP contribution in [0.1, 0.15) is 44.7 Å². The maximum atomic E-state index is 13.0. The predicted octanol–water partition coefficient (Wildman–Crippen LogP) is 4.10. The van der Waals surface area contributed by atoms with Crippen LogP contribution >= 0.6 is 0 Å². The summed E-state index contributed by atoms with van der Waals surface area (Å²) in [6.45, 7) is 8.50. The van der Waals surface area contributed by atoms with Crippen molar-refractivity contribution in [1.29, 1.82) is 0 Å². The molecule has 2 amide bonds. The number of para-hydroxylation sites is 1. The number of nitrogens with zero attached hydrogens (tertiary/aromatic N) is 1. The Balaban J connectivity index is 2.00. The lowest BCUT2D eigenvalue weighted by Gasteiger charge is -2.29. The topological polar surface area (TPSA) is 58.6 Å². The lowest BCUT2D eigenvalue weighted by Crippen LogP contribution is -2.49. The van der Waals surface area contributed by atoms with E-state index in [0.717, 1.165) is 16.9 Å². The average Bonchev–Trinajstić information content (AvgIpc) is 2.69. The first-order chi connectivity index (χ1) is 13.9. The number of amides is 2. The first kappa shape index (κ1) is 22.5. The van der Waals surface area contributed by atoms with E-state index in [0.29, 0.717) is 26.0 Å². The van der Waals surface area contributed by atoms with E-state index in [1.165, 1.54) is 0 Å². The molecule has 1 atom stereocenters. The maximum Gasteiger partial charge on any atom is 0.242 e. The first-order valence-electron chi connectivity index (χ1n) is 10.2. The van der Waals surface area contributed by atoms with E-state index >= 15 is 0 Å². The molecule has 0 heterocycles. The molecule has 0 bridgehead atoms. The van der Waals surface area contributed by atoms with Gasteiger partial charge in [0.2, 0.25) is 11.8 Å². The zero-order valence-electron chi connectivity index (χ0n) is 17.9. The van der Waals surface area contributed by atoms with Gasteiger partial charge in [-0.05, 0) is 51.8 Å². The molecular formula is C24H32N2O3. The highest BCUT2D eigenvalue weighted by Gasteiger charge is 2.26. The summed E-state index contributed by atoms with van der Waals surface area (Å²) in [6, 6.07) is 17.1. The van der Waals surface area contributed by atoms with E-state index in [-0.39, 0.29) is 17.9 Å². The summed E-state index contributed by atoms with van der Waals surface area (Å²) >= 11 is 0. The summed E-state index contributed by atoms with van der Waals surface area (Å²) in [4.78, 5) is 27.2. The molecule has 156 valence electrons. The molecule has 2 rings (SSSR count). The van der Waals surface area contributed by atoms with Gasteiger partial charge in [0.05, 0.1) is 6.61 Å². The van der Waals surface area contributed by atoms with Crippen molar-refractivity contribution in [3.05, 3.63) is 65.7 Å². The number of hydrogen-bond acceptors (Lipinski definition) is 3. The molecule has 0 aromatic heterocycles. The minimum absolute atomic E-state index is 0.0279. The summed E-state index contributed by atoms with van der Waals surface area (Å²) in [5.74, 6) is 0.609. The zero-order chi connectivity index (χ0) is 21.2. The van der Waals surface area contributed by atoms with E-state index in [9.17, 15) is 9.59 Å². The van der Waals surface area contributed by atoms with E-state index in [1.54, 1.807) is 11.8 Å². The molecule has 0 aliphatic heterocycles. The third-order valence-corrected chi connectivity index (χ3v) is 4.58. The van der Waals surface area contributed by atoms with Gasteiger partial charge in [-0.15, -0.1) is 0 Å². The first-order valence-corrected chi connectivity index (χ1v) is 10.2. The number of hydrogen-bond donors (Lipinski definition) is 1. The molecule has 2 aromatic rings. The van der Waals surface area contributed by atoms with Gasteiger partial charge in [0.15, 0.2) is 0 Å². The summed E-state index contributed by atoms with van der Waals surface area (Å²) in [7, 11) is 0. The molecule has 29 heavy (non-hydrogen) atoms. The Morgan fingerprint density at radius 2 is 1.76 bits per heavy atom. The number of rotatable bonds is 10. The molecule has 1 unspecified atom stereocenters. The fourth-order valence-electron chi connectivity index (χ4n) is 3.07. The van der Waals surface area contributed by atoms with E-state index in [1.807, 2.05) is 75.4 Å². The number of carbonyl (C=O) groups is 2. The van der Waals surface area contributed by atoms with Gasteiger partial charge in [0, 0.05) is 19.0 Å². The average molecular weight is 397 g/mol. The van der Waals surface area contributed by atoms with Crippen LogP contribution < -0.4 is 10.1 Å². The van der Waals surface area contributed by atoms with E-state index in [4.69, 9.17) is 4.74 Å². The highest BCUT2D eigenvalue weighted by molar-refractivity contribution is 5.87. The number of carbonyl (C=O) groups excluding carboxylic acids is 2. The Bertz CT molecular complexity index is 790. The fourth-order valence-corrected chi connectivity index (χ4v) is 3.07. The minimum Gasteiger partial charge on any atom is -0.494 e. The maximum absolute atomic E-state index is 13.0. The summed E-state index contributed by atoms with van der Waals surface area (Å²) in [6.07, 6.45) is 0.925. The molecule has 0 saturated carbocycles. The van der Waals surface area contributed by atoms with Crippen molar-refractivity contribution in [3.8, 4) is 5.75 Å². The predicted molar refractivity (Wildman–Crippen MR) is 116 cm³/mol. The van der Waals surface area contributed by atoms with E-state index in [2.05, 4.69) is 5.32 Å². The number of aryl methyl sites for hydroxylation is 1. The Kier molecular flexibility index (Phi) is 8.71. The second-order valence-electron chi connectivity index (χ2n) is 7.62. The second-order valence-corrected chi connectivity index (χ2v) is 7.62. The number of ether oxygens (including phenoxy) is 1. The molecule has 2 aromatic carbocycles. The zero-order valence-corrected chi connectivity index (χ0v) is 17.9. The fraction of sp³-hybridized carbons (Fsp3) is 0.417. The van der Waals surface area contributed by atoms with Crippen LogP contribution in [0.25, 0.3) is 0 Å².